The molecule has 1 aliphatic rings. The lowest BCUT2D eigenvalue weighted by Gasteiger charge is -2.25. The first-order chi connectivity index (χ1) is 12.9. The number of halogens is 1. The van der Waals surface area contributed by atoms with Gasteiger partial charge in [0.25, 0.3) is 0 Å². The zero-order valence-electron chi connectivity index (χ0n) is 14.8. The zero-order chi connectivity index (χ0) is 19.4. The van der Waals surface area contributed by atoms with E-state index in [2.05, 4.69) is 10.3 Å². The summed E-state index contributed by atoms with van der Waals surface area (Å²) in [6, 6.07) is 4.68. The summed E-state index contributed by atoms with van der Waals surface area (Å²) in [4.78, 5) is 28.9. The van der Waals surface area contributed by atoms with Gasteiger partial charge in [0, 0.05) is 42.4 Å². The van der Waals surface area contributed by atoms with Crippen molar-refractivity contribution in [2.24, 2.45) is 0 Å². The first-order valence-corrected chi connectivity index (χ1v) is 10.4. The number of carboxylic acid groups (broad SMARTS) is 1. The van der Waals surface area contributed by atoms with Crippen molar-refractivity contribution in [3.8, 4) is 0 Å². The van der Waals surface area contributed by atoms with Crippen molar-refractivity contribution in [1.29, 1.82) is 0 Å². The second-order valence-electron chi connectivity index (χ2n) is 6.27. The van der Waals surface area contributed by atoms with E-state index in [0.717, 1.165) is 17.7 Å². The van der Waals surface area contributed by atoms with Crippen LogP contribution in [0.25, 0.3) is 0 Å². The lowest BCUT2D eigenvalue weighted by atomic mass is 10.1. The van der Waals surface area contributed by atoms with Crippen LogP contribution in [0.1, 0.15) is 28.9 Å². The molecular formula is C18H20FN3O3S2. The molecule has 1 atom stereocenters. The van der Waals surface area contributed by atoms with Gasteiger partial charge in [-0.15, -0.1) is 11.3 Å². The third kappa shape index (κ3) is 4.98. The van der Waals surface area contributed by atoms with Crippen LogP contribution in [0, 0.1) is 12.7 Å². The fraction of sp³-hybridized carbons (Fsp3) is 0.389. The number of thioether (sulfide) groups is 1. The lowest BCUT2D eigenvalue weighted by Crippen LogP contribution is -2.39. The molecular weight excluding hydrogens is 389 g/mol. The SMILES string of the molecule is Cc1ccc(F)cc1NC[C@H]1CCC(=O)N1CCSc1nc(C(=O)O)cs1. The minimum absolute atomic E-state index is 0.0484. The molecule has 2 aromatic rings. The Morgan fingerprint density at radius 1 is 1.52 bits per heavy atom. The lowest BCUT2D eigenvalue weighted by molar-refractivity contribution is -0.128. The van der Waals surface area contributed by atoms with Gasteiger partial charge in [0.1, 0.15) is 5.82 Å². The molecule has 1 aromatic carbocycles. The van der Waals surface area contributed by atoms with Crippen molar-refractivity contribution in [3.05, 3.63) is 40.7 Å². The van der Waals surface area contributed by atoms with Crippen LogP contribution in [0.2, 0.25) is 0 Å². The van der Waals surface area contributed by atoms with Gasteiger partial charge in [0.05, 0.1) is 0 Å². The number of carboxylic acids is 1. The largest absolute Gasteiger partial charge is 0.476 e. The van der Waals surface area contributed by atoms with E-state index in [-0.39, 0.29) is 23.5 Å². The Morgan fingerprint density at radius 3 is 3.07 bits per heavy atom. The van der Waals surface area contributed by atoms with E-state index in [1.165, 1.54) is 40.6 Å². The number of aryl methyl sites for hydroxylation is 1. The third-order valence-electron chi connectivity index (χ3n) is 4.44. The number of nitrogens with one attached hydrogen (secondary N) is 1. The number of likely N-dealkylation sites (tertiary alicyclic amines) is 1. The predicted octanol–water partition coefficient (Wildman–Crippen LogP) is 3.48. The molecule has 1 saturated heterocycles. The topological polar surface area (TPSA) is 82.5 Å². The molecule has 0 spiro atoms. The van der Waals surface area contributed by atoms with E-state index in [1.54, 1.807) is 6.07 Å². The molecule has 0 radical (unpaired) electrons. The summed E-state index contributed by atoms with van der Waals surface area (Å²) in [5.74, 6) is -0.563. The smallest absolute Gasteiger partial charge is 0.355 e. The number of amides is 1. The van der Waals surface area contributed by atoms with Crippen LogP contribution in [0.5, 0.6) is 0 Å². The Bertz CT molecular complexity index is 843. The number of aromatic nitrogens is 1. The van der Waals surface area contributed by atoms with Gasteiger partial charge in [-0.3, -0.25) is 4.79 Å². The molecule has 3 rings (SSSR count). The molecule has 2 heterocycles. The van der Waals surface area contributed by atoms with Crippen LogP contribution in [-0.2, 0) is 4.79 Å². The van der Waals surface area contributed by atoms with Crippen molar-refractivity contribution in [3.63, 3.8) is 0 Å². The number of carbonyl (C=O) groups is 2. The molecule has 1 amide bonds. The van der Waals surface area contributed by atoms with Crippen molar-refractivity contribution in [1.82, 2.24) is 9.88 Å². The first-order valence-electron chi connectivity index (χ1n) is 8.55. The van der Waals surface area contributed by atoms with Gasteiger partial charge in [0.2, 0.25) is 5.91 Å². The zero-order valence-corrected chi connectivity index (χ0v) is 16.4. The van der Waals surface area contributed by atoms with Crippen LogP contribution in [0.15, 0.2) is 27.9 Å². The summed E-state index contributed by atoms with van der Waals surface area (Å²) in [6.07, 6.45) is 1.28. The maximum atomic E-state index is 13.4. The molecule has 0 bridgehead atoms. The number of benzene rings is 1. The molecule has 0 aliphatic carbocycles. The number of anilines is 1. The Morgan fingerprint density at radius 2 is 2.33 bits per heavy atom. The summed E-state index contributed by atoms with van der Waals surface area (Å²) in [7, 11) is 0. The van der Waals surface area contributed by atoms with Crippen LogP contribution in [0.3, 0.4) is 0 Å². The maximum absolute atomic E-state index is 13.4. The quantitative estimate of drug-likeness (QED) is 0.650. The van der Waals surface area contributed by atoms with Crippen molar-refractivity contribution in [2.75, 3.05) is 24.2 Å². The number of hydrogen-bond acceptors (Lipinski definition) is 6. The number of nitrogens with zero attached hydrogens (tertiary/aromatic N) is 2. The molecule has 144 valence electrons. The fourth-order valence-corrected chi connectivity index (χ4v) is 4.79. The van der Waals surface area contributed by atoms with E-state index in [9.17, 15) is 14.0 Å². The Balaban J connectivity index is 1.52. The summed E-state index contributed by atoms with van der Waals surface area (Å²) < 4.78 is 14.1. The summed E-state index contributed by atoms with van der Waals surface area (Å²) in [5.41, 5.74) is 1.75. The summed E-state index contributed by atoms with van der Waals surface area (Å²) in [5, 5.41) is 13.7. The van der Waals surface area contributed by atoms with Crippen molar-refractivity contribution >= 4 is 40.7 Å². The Labute approximate surface area is 164 Å². The molecule has 2 N–H and O–H groups in total. The highest BCUT2D eigenvalue weighted by molar-refractivity contribution is 8.01. The molecule has 1 fully saturated rings. The average molecular weight is 410 g/mol. The van der Waals surface area contributed by atoms with Crippen molar-refractivity contribution in [2.45, 2.75) is 30.1 Å². The highest BCUT2D eigenvalue weighted by Crippen LogP contribution is 2.25. The van der Waals surface area contributed by atoms with E-state index in [1.807, 2.05) is 11.8 Å². The average Bonchev–Trinajstić information content (AvgIpc) is 3.24. The number of hydrogen-bond donors (Lipinski definition) is 2. The van der Waals surface area contributed by atoms with E-state index >= 15 is 0 Å². The van der Waals surface area contributed by atoms with E-state index in [0.29, 0.717) is 29.6 Å². The van der Waals surface area contributed by atoms with E-state index in [4.69, 9.17) is 5.11 Å². The molecule has 27 heavy (non-hydrogen) atoms. The highest BCUT2D eigenvalue weighted by atomic mass is 32.2. The number of carbonyl (C=O) groups excluding carboxylic acids is 1. The molecule has 1 aliphatic heterocycles. The van der Waals surface area contributed by atoms with E-state index < -0.39 is 5.97 Å². The molecule has 1 aromatic heterocycles. The minimum atomic E-state index is -1.04. The maximum Gasteiger partial charge on any atom is 0.355 e. The van der Waals surface area contributed by atoms with Gasteiger partial charge in [-0.2, -0.15) is 0 Å². The Kier molecular flexibility index (Phi) is 6.33. The second kappa shape index (κ2) is 8.71. The van der Waals surface area contributed by atoms with Gasteiger partial charge < -0.3 is 15.3 Å². The van der Waals surface area contributed by atoms with Gasteiger partial charge in [-0.25, -0.2) is 14.2 Å². The van der Waals surface area contributed by atoms with Crippen LogP contribution < -0.4 is 5.32 Å². The van der Waals surface area contributed by atoms with Gasteiger partial charge in [0.15, 0.2) is 10.0 Å². The molecule has 0 saturated carbocycles. The molecule has 6 nitrogen and oxygen atoms in total. The second-order valence-corrected chi connectivity index (χ2v) is 8.47. The normalized spacial score (nSPS) is 16.7. The predicted molar refractivity (Wildman–Crippen MR) is 104 cm³/mol. The number of thiazole rings is 1. The van der Waals surface area contributed by atoms with Gasteiger partial charge >= 0.3 is 5.97 Å². The highest BCUT2D eigenvalue weighted by Gasteiger charge is 2.30. The van der Waals surface area contributed by atoms with Crippen LogP contribution in [0.4, 0.5) is 10.1 Å². The summed E-state index contributed by atoms with van der Waals surface area (Å²) in [6.45, 7) is 3.05. The first kappa shape index (κ1) is 19.6. The number of rotatable bonds is 8. The van der Waals surface area contributed by atoms with Gasteiger partial charge in [-0.1, -0.05) is 17.8 Å². The monoisotopic (exact) mass is 409 g/mol. The van der Waals surface area contributed by atoms with Crippen molar-refractivity contribution < 1.29 is 19.1 Å². The fourth-order valence-electron chi connectivity index (χ4n) is 2.98. The Hall–Kier alpha value is -2.13. The molecule has 0 unspecified atom stereocenters. The number of aromatic carboxylic acids is 1. The molecule has 9 heteroatoms. The van der Waals surface area contributed by atoms with Crippen LogP contribution in [-0.4, -0.2) is 51.8 Å². The standard InChI is InChI=1S/C18H20FN3O3S2/c1-11-2-3-12(19)8-14(11)20-9-13-4-5-16(23)22(13)6-7-26-18-21-15(10-27-18)17(24)25/h2-3,8,10,13,20H,4-7,9H2,1H3,(H,24,25)/t13-/m1/s1. The van der Waals surface area contributed by atoms with Gasteiger partial charge in [-0.05, 0) is 31.0 Å². The third-order valence-corrected chi connectivity index (χ3v) is 6.44. The summed E-state index contributed by atoms with van der Waals surface area (Å²) >= 11 is 2.74. The van der Waals surface area contributed by atoms with Crippen LogP contribution >= 0.6 is 23.1 Å². The minimum Gasteiger partial charge on any atom is -0.476 e.